The molecule has 0 saturated heterocycles. The Labute approximate surface area is 129 Å². The van der Waals surface area contributed by atoms with E-state index in [4.69, 9.17) is 5.26 Å². The van der Waals surface area contributed by atoms with Gasteiger partial charge in [0, 0.05) is 11.8 Å². The molecule has 22 heavy (non-hydrogen) atoms. The van der Waals surface area contributed by atoms with Crippen LogP contribution in [-0.2, 0) is 0 Å². The van der Waals surface area contributed by atoms with Crippen molar-refractivity contribution < 1.29 is 4.92 Å². The van der Waals surface area contributed by atoms with Crippen molar-refractivity contribution in [3.05, 3.63) is 51.1 Å². The highest BCUT2D eigenvalue weighted by molar-refractivity contribution is 7.18. The number of benzene rings is 1. The molecule has 0 spiro atoms. The van der Waals surface area contributed by atoms with Crippen molar-refractivity contribution in [2.45, 2.75) is 6.92 Å². The van der Waals surface area contributed by atoms with Gasteiger partial charge < -0.3 is 5.32 Å². The number of aromatic nitrogens is 2. The average Bonchev–Trinajstić information content (AvgIpc) is 2.86. The maximum atomic E-state index is 10.8. The molecule has 0 amide bonds. The predicted molar refractivity (Wildman–Crippen MR) is 83.2 cm³/mol. The molecule has 0 aliphatic carbocycles. The van der Waals surface area contributed by atoms with Crippen molar-refractivity contribution in [3.8, 4) is 6.07 Å². The lowest BCUT2D eigenvalue weighted by Gasteiger charge is -2.05. The SMILES string of the molecule is Cc1nc2ccc(Nc3ccc([N+](=O)[O-])c(C#N)n3)cc2s1. The number of hydrogen-bond acceptors (Lipinski definition) is 7. The van der Waals surface area contributed by atoms with Gasteiger partial charge in [0.1, 0.15) is 11.9 Å². The predicted octanol–water partition coefficient (Wildman–Crippen LogP) is 3.52. The highest BCUT2D eigenvalue weighted by Crippen LogP contribution is 2.27. The summed E-state index contributed by atoms with van der Waals surface area (Å²) in [5.41, 5.74) is 1.18. The second kappa shape index (κ2) is 5.38. The zero-order valence-electron chi connectivity index (χ0n) is 11.4. The van der Waals surface area contributed by atoms with Gasteiger partial charge in [-0.15, -0.1) is 11.3 Å². The number of nitrogens with zero attached hydrogens (tertiary/aromatic N) is 4. The molecule has 1 N–H and O–H groups in total. The molecule has 0 unspecified atom stereocenters. The van der Waals surface area contributed by atoms with Crippen LogP contribution in [0.15, 0.2) is 30.3 Å². The number of hydrogen-bond donors (Lipinski definition) is 1. The molecule has 1 aromatic carbocycles. The van der Waals surface area contributed by atoms with Crippen LogP contribution >= 0.6 is 11.3 Å². The quantitative estimate of drug-likeness (QED) is 0.586. The first-order chi connectivity index (χ1) is 10.6. The third kappa shape index (κ3) is 2.57. The molecular weight excluding hydrogens is 302 g/mol. The Morgan fingerprint density at radius 3 is 2.86 bits per heavy atom. The van der Waals surface area contributed by atoms with Crippen LogP contribution in [0.5, 0.6) is 0 Å². The minimum absolute atomic E-state index is 0.218. The molecule has 0 saturated carbocycles. The van der Waals surface area contributed by atoms with Crippen LogP contribution in [0.3, 0.4) is 0 Å². The summed E-state index contributed by atoms with van der Waals surface area (Å²) in [5.74, 6) is 0.378. The maximum Gasteiger partial charge on any atom is 0.305 e. The first-order valence-corrected chi connectivity index (χ1v) is 7.08. The first-order valence-electron chi connectivity index (χ1n) is 6.26. The Kier molecular flexibility index (Phi) is 3.40. The summed E-state index contributed by atoms with van der Waals surface area (Å²) < 4.78 is 1.03. The summed E-state index contributed by atoms with van der Waals surface area (Å²) in [5, 5.41) is 23.8. The number of aryl methyl sites for hydroxylation is 1. The number of thiazole rings is 1. The number of nitro groups is 1. The van der Waals surface area contributed by atoms with Gasteiger partial charge in [-0.1, -0.05) is 0 Å². The lowest BCUT2D eigenvalue weighted by atomic mass is 10.2. The van der Waals surface area contributed by atoms with Gasteiger partial charge >= 0.3 is 5.69 Å². The van der Waals surface area contributed by atoms with E-state index in [0.29, 0.717) is 5.82 Å². The van der Waals surface area contributed by atoms with E-state index in [1.165, 1.54) is 12.1 Å². The van der Waals surface area contributed by atoms with Gasteiger partial charge in [0.25, 0.3) is 0 Å². The smallest absolute Gasteiger partial charge is 0.305 e. The van der Waals surface area contributed by atoms with Crippen LogP contribution in [0.1, 0.15) is 10.7 Å². The topological polar surface area (TPSA) is 105 Å². The number of anilines is 2. The number of nitrogens with one attached hydrogen (secondary N) is 1. The van der Waals surface area contributed by atoms with Crippen LogP contribution in [-0.4, -0.2) is 14.9 Å². The molecule has 0 atom stereocenters. The van der Waals surface area contributed by atoms with Crippen LogP contribution in [0.25, 0.3) is 10.2 Å². The highest BCUT2D eigenvalue weighted by atomic mass is 32.1. The van der Waals surface area contributed by atoms with E-state index in [-0.39, 0.29) is 11.4 Å². The van der Waals surface area contributed by atoms with E-state index in [1.807, 2.05) is 25.1 Å². The van der Waals surface area contributed by atoms with E-state index in [9.17, 15) is 10.1 Å². The molecule has 2 heterocycles. The minimum atomic E-state index is -0.624. The summed E-state index contributed by atoms with van der Waals surface area (Å²) in [7, 11) is 0. The fourth-order valence-corrected chi connectivity index (χ4v) is 2.88. The van der Waals surface area contributed by atoms with Crippen LogP contribution in [0.4, 0.5) is 17.2 Å². The van der Waals surface area contributed by atoms with Gasteiger partial charge in [0.2, 0.25) is 5.69 Å². The van der Waals surface area contributed by atoms with E-state index < -0.39 is 4.92 Å². The lowest BCUT2D eigenvalue weighted by Crippen LogP contribution is -1.99. The Balaban J connectivity index is 1.94. The van der Waals surface area contributed by atoms with Gasteiger partial charge in [-0.3, -0.25) is 10.1 Å². The molecule has 3 aromatic rings. The number of pyridine rings is 1. The van der Waals surface area contributed by atoms with E-state index in [2.05, 4.69) is 15.3 Å². The van der Waals surface area contributed by atoms with Crippen molar-refractivity contribution >= 4 is 38.7 Å². The Morgan fingerprint density at radius 1 is 1.32 bits per heavy atom. The average molecular weight is 311 g/mol. The van der Waals surface area contributed by atoms with Crippen molar-refractivity contribution in [1.82, 2.24) is 9.97 Å². The number of nitriles is 1. The van der Waals surface area contributed by atoms with Crippen LogP contribution < -0.4 is 5.32 Å². The second-order valence-electron chi connectivity index (χ2n) is 4.47. The molecule has 8 heteroatoms. The van der Waals surface area contributed by atoms with Crippen molar-refractivity contribution in [3.63, 3.8) is 0 Å². The molecule has 3 rings (SSSR count). The normalized spacial score (nSPS) is 10.4. The van der Waals surface area contributed by atoms with E-state index >= 15 is 0 Å². The third-order valence-corrected chi connectivity index (χ3v) is 3.88. The van der Waals surface area contributed by atoms with Crippen LogP contribution in [0, 0.1) is 28.4 Å². The molecule has 0 radical (unpaired) electrons. The van der Waals surface area contributed by atoms with Crippen molar-refractivity contribution in [1.29, 1.82) is 5.26 Å². The summed E-state index contributed by atoms with van der Waals surface area (Å²) in [6, 6.07) is 10.1. The largest absolute Gasteiger partial charge is 0.340 e. The molecule has 0 fully saturated rings. The van der Waals surface area contributed by atoms with Gasteiger partial charge in [-0.25, -0.2) is 9.97 Å². The third-order valence-electron chi connectivity index (χ3n) is 2.94. The Hall–Kier alpha value is -3.05. The van der Waals surface area contributed by atoms with Gasteiger partial charge in [-0.2, -0.15) is 5.26 Å². The maximum absolute atomic E-state index is 10.8. The summed E-state index contributed by atoms with van der Waals surface area (Å²) >= 11 is 1.58. The van der Waals surface area contributed by atoms with E-state index in [1.54, 1.807) is 17.4 Å². The van der Waals surface area contributed by atoms with Crippen LogP contribution in [0.2, 0.25) is 0 Å². The van der Waals surface area contributed by atoms with E-state index in [0.717, 1.165) is 20.9 Å². The zero-order chi connectivity index (χ0) is 15.7. The summed E-state index contributed by atoms with van der Waals surface area (Å²) in [6.07, 6.45) is 0. The molecule has 0 aliphatic rings. The zero-order valence-corrected chi connectivity index (χ0v) is 12.2. The fraction of sp³-hybridized carbons (Fsp3) is 0.0714. The van der Waals surface area contributed by atoms with Crippen molar-refractivity contribution in [2.75, 3.05) is 5.32 Å². The molecule has 0 bridgehead atoms. The first kappa shape index (κ1) is 13.9. The number of rotatable bonds is 3. The molecule has 108 valence electrons. The fourth-order valence-electron chi connectivity index (χ4n) is 2.02. The van der Waals surface area contributed by atoms with Gasteiger partial charge in [-0.05, 0) is 31.2 Å². The summed E-state index contributed by atoms with van der Waals surface area (Å²) in [6.45, 7) is 1.94. The Bertz CT molecular complexity index is 929. The highest BCUT2D eigenvalue weighted by Gasteiger charge is 2.15. The number of fused-ring (bicyclic) bond motifs is 1. The molecule has 7 nitrogen and oxygen atoms in total. The summed E-state index contributed by atoms with van der Waals surface area (Å²) in [4.78, 5) is 18.5. The molecule has 0 aliphatic heterocycles. The minimum Gasteiger partial charge on any atom is -0.340 e. The Morgan fingerprint density at radius 2 is 2.14 bits per heavy atom. The molecular formula is C14H9N5O2S. The van der Waals surface area contributed by atoms with Crippen molar-refractivity contribution in [2.24, 2.45) is 0 Å². The standard InChI is InChI=1S/C14H9N5O2S/c1-8-16-10-3-2-9(6-13(10)22-8)17-14-5-4-12(19(20)21)11(7-15)18-14/h2-6H,1H3,(H,17,18). The lowest BCUT2D eigenvalue weighted by molar-refractivity contribution is -0.385. The second-order valence-corrected chi connectivity index (χ2v) is 5.71. The van der Waals surface area contributed by atoms with Gasteiger partial charge in [0.15, 0.2) is 0 Å². The monoisotopic (exact) mass is 311 g/mol. The van der Waals surface area contributed by atoms with Gasteiger partial charge in [0.05, 0.1) is 20.1 Å². The molecule has 2 aromatic heterocycles.